The number of alkyl halides is 1. The van der Waals surface area contributed by atoms with Gasteiger partial charge in [-0.3, -0.25) is 9.48 Å². The number of carbonyl (C=O) groups is 1. The Kier molecular flexibility index (Phi) is 4.77. The van der Waals surface area contributed by atoms with Crippen LogP contribution >= 0.6 is 15.9 Å². The van der Waals surface area contributed by atoms with Crippen molar-refractivity contribution < 1.29 is 9.53 Å². The molecule has 1 heterocycles. The third-order valence-electron chi connectivity index (χ3n) is 1.80. The van der Waals surface area contributed by atoms with Gasteiger partial charge in [-0.15, -0.1) is 0 Å². The monoisotopic (exact) mass is 275 g/mol. The van der Waals surface area contributed by atoms with E-state index in [1.165, 1.54) is 6.20 Å². The summed E-state index contributed by atoms with van der Waals surface area (Å²) in [5.41, 5.74) is 0.564. The zero-order chi connectivity index (χ0) is 11.3. The lowest BCUT2D eigenvalue weighted by molar-refractivity contribution is 0.0950. The van der Waals surface area contributed by atoms with Crippen LogP contribution in [0.5, 0.6) is 0 Å². The largest absolute Gasteiger partial charge is 0.383 e. The Morgan fingerprint density at radius 1 is 1.80 bits per heavy atom. The first-order valence-electron chi connectivity index (χ1n) is 4.53. The van der Waals surface area contributed by atoms with E-state index >= 15 is 0 Å². The van der Waals surface area contributed by atoms with Gasteiger partial charge in [0.1, 0.15) is 0 Å². The van der Waals surface area contributed by atoms with Crippen LogP contribution in [0.15, 0.2) is 12.4 Å². The lowest BCUT2D eigenvalue weighted by Crippen LogP contribution is -2.31. The van der Waals surface area contributed by atoms with Crippen LogP contribution in [0.4, 0.5) is 0 Å². The zero-order valence-electron chi connectivity index (χ0n) is 8.74. The van der Waals surface area contributed by atoms with Crippen molar-refractivity contribution >= 4 is 21.8 Å². The number of hydrogen-bond acceptors (Lipinski definition) is 3. The molecule has 1 N–H and O–H groups in total. The van der Waals surface area contributed by atoms with Crippen LogP contribution in [0.1, 0.15) is 10.4 Å². The number of ether oxygens (including phenoxy) is 1. The standard InChI is InChI=1S/C9H14BrN3O2/c1-13-5-7(3-12-13)9(14)11-4-8(10)6-15-2/h3,5,8H,4,6H2,1-2H3,(H,11,14). The molecule has 15 heavy (non-hydrogen) atoms. The van der Waals surface area contributed by atoms with Crippen LogP contribution in [0.2, 0.25) is 0 Å². The summed E-state index contributed by atoms with van der Waals surface area (Å²) < 4.78 is 6.52. The maximum Gasteiger partial charge on any atom is 0.254 e. The van der Waals surface area contributed by atoms with Crippen LogP contribution in [-0.4, -0.2) is 40.8 Å². The van der Waals surface area contributed by atoms with E-state index in [1.54, 1.807) is 25.0 Å². The molecule has 0 aliphatic carbocycles. The molecule has 0 saturated heterocycles. The van der Waals surface area contributed by atoms with Crippen LogP contribution in [-0.2, 0) is 11.8 Å². The van der Waals surface area contributed by atoms with Gasteiger partial charge in [0.2, 0.25) is 0 Å². The van der Waals surface area contributed by atoms with Crippen LogP contribution in [0, 0.1) is 0 Å². The molecule has 0 fully saturated rings. The van der Waals surface area contributed by atoms with E-state index in [9.17, 15) is 4.79 Å². The molecular weight excluding hydrogens is 262 g/mol. The summed E-state index contributed by atoms with van der Waals surface area (Å²) in [5.74, 6) is -0.122. The summed E-state index contributed by atoms with van der Waals surface area (Å²) in [7, 11) is 3.40. The third kappa shape index (κ3) is 4.01. The van der Waals surface area contributed by atoms with Crippen molar-refractivity contribution in [3.8, 4) is 0 Å². The number of nitrogens with one attached hydrogen (secondary N) is 1. The Hall–Kier alpha value is -0.880. The van der Waals surface area contributed by atoms with Crippen molar-refractivity contribution in [2.45, 2.75) is 4.83 Å². The minimum absolute atomic E-state index is 0.122. The number of carbonyl (C=O) groups excluding carboxylic acids is 1. The van der Waals surface area contributed by atoms with Crippen LogP contribution in [0.25, 0.3) is 0 Å². The number of rotatable bonds is 5. The van der Waals surface area contributed by atoms with Crippen molar-refractivity contribution in [2.24, 2.45) is 7.05 Å². The predicted molar refractivity (Wildman–Crippen MR) is 60.1 cm³/mol. The quantitative estimate of drug-likeness (QED) is 0.799. The number of methoxy groups -OCH3 is 1. The molecule has 1 atom stereocenters. The molecule has 5 nitrogen and oxygen atoms in total. The third-order valence-corrected chi connectivity index (χ3v) is 2.39. The minimum Gasteiger partial charge on any atom is -0.383 e. The van der Waals surface area contributed by atoms with E-state index in [1.807, 2.05) is 0 Å². The second kappa shape index (κ2) is 5.87. The highest BCUT2D eigenvalue weighted by Gasteiger charge is 2.09. The van der Waals surface area contributed by atoms with Gasteiger partial charge in [0.05, 0.1) is 23.2 Å². The molecule has 84 valence electrons. The maximum atomic E-state index is 11.5. The first-order chi connectivity index (χ1) is 7.13. The fourth-order valence-electron chi connectivity index (χ4n) is 1.08. The summed E-state index contributed by atoms with van der Waals surface area (Å²) in [5, 5.41) is 6.70. The van der Waals surface area contributed by atoms with E-state index in [0.29, 0.717) is 18.7 Å². The fourth-order valence-corrected chi connectivity index (χ4v) is 1.51. The summed E-state index contributed by atoms with van der Waals surface area (Å²) >= 11 is 3.38. The van der Waals surface area contributed by atoms with Crippen molar-refractivity contribution in [3.63, 3.8) is 0 Å². The van der Waals surface area contributed by atoms with Crippen LogP contribution < -0.4 is 5.32 Å². The van der Waals surface area contributed by atoms with Crippen LogP contribution in [0.3, 0.4) is 0 Å². The Balaban J connectivity index is 2.36. The summed E-state index contributed by atoms with van der Waals surface area (Å²) in [4.78, 5) is 11.7. The fraction of sp³-hybridized carbons (Fsp3) is 0.556. The highest BCUT2D eigenvalue weighted by molar-refractivity contribution is 9.09. The summed E-state index contributed by atoms with van der Waals surface area (Å²) in [6.07, 6.45) is 3.21. The topological polar surface area (TPSA) is 56.1 Å². The van der Waals surface area contributed by atoms with E-state index < -0.39 is 0 Å². The molecule has 1 unspecified atom stereocenters. The van der Waals surface area contributed by atoms with Crippen molar-refractivity contribution in [1.29, 1.82) is 0 Å². The van der Waals surface area contributed by atoms with Gasteiger partial charge < -0.3 is 10.1 Å². The van der Waals surface area contributed by atoms with Gasteiger partial charge in [-0.25, -0.2) is 0 Å². The van der Waals surface area contributed by atoms with Crippen molar-refractivity contribution in [3.05, 3.63) is 18.0 Å². The molecule has 1 aromatic heterocycles. The van der Waals surface area contributed by atoms with E-state index in [4.69, 9.17) is 4.74 Å². The molecule has 0 aliphatic rings. The van der Waals surface area contributed by atoms with Gasteiger partial charge in [-0.2, -0.15) is 5.10 Å². The van der Waals surface area contributed by atoms with E-state index in [2.05, 4.69) is 26.3 Å². The molecule has 0 saturated carbocycles. The molecular formula is C9H14BrN3O2. The maximum absolute atomic E-state index is 11.5. The summed E-state index contributed by atoms with van der Waals surface area (Å²) in [6.45, 7) is 1.09. The van der Waals surface area contributed by atoms with Gasteiger partial charge in [-0.1, -0.05) is 15.9 Å². The van der Waals surface area contributed by atoms with E-state index in [-0.39, 0.29) is 10.7 Å². The van der Waals surface area contributed by atoms with Crippen molar-refractivity contribution in [1.82, 2.24) is 15.1 Å². The first-order valence-corrected chi connectivity index (χ1v) is 5.45. The number of aromatic nitrogens is 2. The normalized spacial score (nSPS) is 12.5. The van der Waals surface area contributed by atoms with Gasteiger partial charge >= 0.3 is 0 Å². The molecule has 0 spiro atoms. The molecule has 1 aromatic rings. The van der Waals surface area contributed by atoms with Gasteiger partial charge in [0.25, 0.3) is 5.91 Å². The number of hydrogen-bond donors (Lipinski definition) is 1. The SMILES string of the molecule is COCC(Br)CNC(=O)c1cnn(C)c1. The lowest BCUT2D eigenvalue weighted by atomic mass is 10.3. The summed E-state index contributed by atoms with van der Waals surface area (Å²) in [6, 6.07) is 0. The molecule has 0 aromatic carbocycles. The molecule has 0 radical (unpaired) electrons. The highest BCUT2D eigenvalue weighted by atomic mass is 79.9. The molecule has 1 rings (SSSR count). The number of halogens is 1. The zero-order valence-corrected chi connectivity index (χ0v) is 10.3. The van der Waals surface area contributed by atoms with Crippen molar-refractivity contribution in [2.75, 3.05) is 20.3 Å². The smallest absolute Gasteiger partial charge is 0.254 e. The molecule has 0 bridgehead atoms. The average molecular weight is 276 g/mol. The first kappa shape index (κ1) is 12.2. The van der Waals surface area contributed by atoms with Gasteiger partial charge in [-0.05, 0) is 0 Å². The van der Waals surface area contributed by atoms with Gasteiger partial charge in [0.15, 0.2) is 0 Å². The minimum atomic E-state index is -0.122. The average Bonchev–Trinajstić information content (AvgIpc) is 2.62. The van der Waals surface area contributed by atoms with Gasteiger partial charge in [0, 0.05) is 26.9 Å². The Morgan fingerprint density at radius 2 is 2.53 bits per heavy atom. The Morgan fingerprint density at radius 3 is 3.07 bits per heavy atom. The molecule has 6 heteroatoms. The molecule has 0 aliphatic heterocycles. The lowest BCUT2D eigenvalue weighted by Gasteiger charge is -2.08. The number of amides is 1. The number of aryl methyl sites for hydroxylation is 1. The molecule has 1 amide bonds. The predicted octanol–water partition coefficient (Wildman–Crippen LogP) is 0.560. The second-order valence-electron chi connectivity index (χ2n) is 3.17. The van der Waals surface area contributed by atoms with E-state index in [0.717, 1.165) is 0 Å². The number of nitrogens with zero attached hydrogens (tertiary/aromatic N) is 2. The Labute approximate surface area is 96.9 Å². The second-order valence-corrected chi connectivity index (χ2v) is 4.46. The Bertz CT molecular complexity index is 327. The highest BCUT2D eigenvalue weighted by Crippen LogP contribution is 2.00.